The van der Waals surface area contributed by atoms with Gasteiger partial charge < -0.3 is 9.67 Å². The van der Waals surface area contributed by atoms with Crippen molar-refractivity contribution in [2.45, 2.75) is 20.8 Å². The Morgan fingerprint density at radius 3 is 2.00 bits per heavy atom. The number of nitrogens with zero attached hydrogens (tertiary/aromatic N) is 1. The summed E-state index contributed by atoms with van der Waals surface area (Å²) in [6.07, 6.45) is 0. The van der Waals surface area contributed by atoms with E-state index >= 15 is 0 Å². The van der Waals surface area contributed by atoms with E-state index in [1.807, 2.05) is 0 Å². The van der Waals surface area contributed by atoms with Crippen molar-refractivity contribution in [2.24, 2.45) is 7.05 Å². The summed E-state index contributed by atoms with van der Waals surface area (Å²) in [7, 11) is 1.65. The Morgan fingerprint density at radius 2 is 1.79 bits per heavy atom. The molecule has 0 saturated carbocycles. The Kier molecular flexibility index (Phi) is 2.47. The van der Waals surface area contributed by atoms with Crippen LogP contribution in [0, 0.1) is 13.8 Å². The summed E-state index contributed by atoms with van der Waals surface area (Å²) in [5.41, 5.74) is 1.95. The lowest BCUT2D eigenvalue weighted by Gasteiger charge is -1.99. The van der Waals surface area contributed by atoms with Gasteiger partial charge in [-0.05, 0) is 26.3 Å². The molecule has 0 radical (unpaired) electrons. The molecule has 76 valence electrons. The second kappa shape index (κ2) is 3.29. The van der Waals surface area contributed by atoms with Gasteiger partial charge in [-0.2, -0.15) is 0 Å². The van der Waals surface area contributed by atoms with Crippen LogP contribution >= 0.6 is 0 Å². The van der Waals surface area contributed by atoms with Gasteiger partial charge >= 0.3 is 5.97 Å². The van der Waals surface area contributed by atoms with Crippen LogP contribution in [-0.4, -0.2) is 21.4 Å². The smallest absolute Gasteiger partial charge is 0.352 e. The summed E-state index contributed by atoms with van der Waals surface area (Å²) < 4.78 is 1.54. The summed E-state index contributed by atoms with van der Waals surface area (Å²) >= 11 is 0. The average Bonchev–Trinajstić information content (AvgIpc) is 2.23. The third-order valence-electron chi connectivity index (χ3n) is 2.49. The zero-order chi connectivity index (χ0) is 11.0. The van der Waals surface area contributed by atoms with Gasteiger partial charge in [0.25, 0.3) is 0 Å². The zero-order valence-electron chi connectivity index (χ0n) is 8.71. The number of rotatable bonds is 2. The largest absolute Gasteiger partial charge is 0.477 e. The van der Waals surface area contributed by atoms with Gasteiger partial charge in [-0.3, -0.25) is 4.79 Å². The van der Waals surface area contributed by atoms with Crippen molar-refractivity contribution < 1.29 is 14.7 Å². The summed E-state index contributed by atoms with van der Waals surface area (Å²) in [4.78, 5) is 22.2. The molecular formula is C10H13NO3. The van der Waals surface area contributed by atoms with E-state index in [1.54, 1.807) is 20.9 Å². The van der Waals surface area contributed by atoms with E-state index in [2.05, 4.69) is 0 Å². The lowest BCUT2D eigenvalue weighted by molar-refractivity contribution is 0.0685. The quantitative estimate of drug-likeness (QED) is 0.728. The number of carbonyl (C=O) groups excluding carboxylic acids is 1. The van der Waals surface area contributed by atoms with Crippen molar-refractivity contribution in [2.75, 3.05) is 0 Å². The predicted octanol–water partition coefficient (Wildman–Crippen LogP) is 1.54. The molecule has 0 aliphatic heterocycles. The number of hydrogen-bond donors (Lipinski definition) is 1. The molecule has 4 heteroatoms. The van der Waals surface area contributed by atoms with Crippen molar-refractivity contribution in [3.63, 3.8) is 0 Å². The molecule has 0 aliphatic carbocycles. The number of carboxylic acid groups (broad SMARTS) is 1. The molecule has 1 rings (SSSR count). The molecule has 1 aromatic rings. The molecule has 1 aromatic heterocycles. The van der Waals surface area contributed by atoms with Crippen LogP contribution in [0.4, 0.5) is 0 Å². The number of Topliss-reactive ketones (excluding diaryl/α,β-unsaturated/α-hetero) is 1. The summed E-state index contributed by atoms with van der Waals surface area (Å²) in [5.74, 6) is -1.09. The molecule has 0 aromatic carbocycles. The molecular weight excluding hydrogens is 182 g/mol. The van der Waals surface area contributed by atoms with Crippen LogP contribution in [-0.2, 0) is 7.05 Å². The maximum atomic E-state index is 11.3. The third-order valence-corrected chi connectivity index (χ3v) is 2.49. The van der Waals surface area contributed by atoms with Gasteiger partial charge in [-0.25, -0.2) is 4.79 Å². The lowest BCUT2D eigenvalue weighted by atomic mass is 10.1. The standard InChI is InChI=1S/C10H13NO3/c1-5-8(7(3)12)6(2)11(4)9(5)10(13)14/h1-4H3,(H,13,14). The second-order valence-corrected chi connectivity index (χ2v) is 3.35. The highest BCUT2D eigenvalue weighted by Gasteiger charge is 2.21. The number of ketones is 1. The lowest BCUT2D eigenvalue weighted by Crippen LogP contribution is -2.06. The van der Waals surface area contributed by atoms with Crippen LogP contribution in [0.1, 0.15) is 39.0 Å². The first-order valence-electron chi connectivity index (χ1n) is 4.28. The van der Waals surface area contributed by atoms with Crippen LogP contribution in [0.2, 0.25) is 0 Å². The first kappa shape index (κ1) is 10.5. The van der Waals surface area contributed by atoms with E-state index in [9.17, 15) is 9.59 Å². The fraction of sp³-hybridized carbons (Fsp3) is 0.400. The van der Waals surface area contributed by atoms with Gasteiger partial charge in [0.05, 0.1) is 0 Å². The van der Waals surface area contributed by atoms with Crippen LogP contribution in [0.25, 0.3) is 0 Å². The summed E-state index contributed by atoms with van der Waals surface area (Å²) in [5, 5.41) is 8.93. The third kappa shape index (κ3) is 1.32. The zero-order valence-corrected chi connectivity index (χ0v) is 8.71. The first-order chi connectivity index (χ1) is 6.37. The van der Waals surface area contributed by atoms with E-state index in [4.69, 9.17) is 5.11 Å². The Hall–Kier alpha value is -1.58. The maximum absolute atomic E-state index is 11.3. The van der Waals surface area contributed by atoms with Crippen molar-refractivity contribution in [3.8, 4) is 0 Å². The molecule has 14 heavy (non-hydrogen) atoms. The fourth-order valence-electron chi connectivity index (χ4n) is 1.80. The molecule has 1 N–H and O–H groups in total. The Bertz CT molecular complexity index is 378. The number of aromatic carboxylic acids is 1. The topological polar surface area (TPSA) is 59.3 Å². The van der Waals surface area contributed by atoms with Crippen molar-refractivity contribution >= 4 is 11.8 Å². The van der Waals surface area contributed by atoms with E-state index < -0.39 is 5.97 Å². The van der Waals surface area contributed by atoms with Gasteiger partial charge in [-0.1, -0.05) is 0 Å². The highest BCUT2D eigenvalue weighted by molar-refractivity contribution is 6.01. The average molecular weight is 195 g/mol. The highest BCUT2D eigenvalue weighted by atomic mass is 16.4. The number of carboxylic acids is 1. The Morgan fingerprint density at radius 1 is 1.29 bits per heavy atom. The van der Waals surface area contributed by atoms with Crippen LogP contribution in [0.5, 0.6) is 0 Å². The normalized spacial score (nSPS) is 10.3. The molecule has 0 bridgehead atoms. The predicted molar refractivity (Wildman–Crippen MR) is 51.9 cm³/mol. The minimum absolute atomic E-state index is 0.0944. The Balaban J connectivity index is 3.57. The van der Waals surface area contributed by atoms with Crippen molar-refractivity contribution in [3.05, 3.63) is 22.5 Å². The van der Waals surface area contributed by atoms with Gasteiger partial charge in [0.1, 0.15) is 5.69 Å². The van der Waals surface area contributed by atoms with Crippen molar-refractivity contribution in [1.82, 2.24) is 4.57 Å². The maximum Gasteiger partial charge on any atom is 0.352 e. The number of carbonyl (C=O) groups is 2. The van der Waals surface area contributed by atoms with Gasteiger partial charge in [-0.15, -0.1) is 0 Å². The van der Waals surface area contributed by atoms with Crippen LogP contribution in [0.15, 0.2) is 0 Å². The molecule has 0 atom stereocenters. The van der Waals surface area contributed by atoms with E-state index in [0.29, 0.717) is 16.8 Å². The molecule has 0 aliphatic rings. The van der Waals surface area contributed by atoms with Crippen LogP contribution in [0.3, 0.4) is 0 Å². The van der Waals surface area contributed by atoms with Gasteiger partial charge in [0.15, 0.2) is 5.78 Å². The van der Waals surface area contributed by atoms with Crippen LogP contribution < -0.4 is 0 Å². The molecule has 0 amide bonds. The minimum Gasteiger partial charge on any atom is -0.477 e. The van der Waals surface area contributed by atoms with E-state index in [1.165, 1.54) is 11.5 Å². The highest BCUT2D eigenvalue weighted by Crippen LogP contribution is 2.21. The molecule has 0 unspecified atom stereocenters. The summed E-state index contributed by atoms with van der Waals surface area (Å²) in [6.45, 7) is 4.85. The summed E-state index contributed by atoms with van der Waals surface area (Å²) in [6, 6.07) is 0. The van der Waals surface area contributed by atoms with E-state index in [0.717, 1.165) is 0 Å². The first-order valence-corrected chi connectivity index (χ1v) is 4.28. The van der Waals surface area contributed by atoms with E-state index in [-0.39, 0.29) is 11.5 Å². The monoisotopic (exact) mass is 195 g/mol. The molecule has 0 fully saturated rings. The van der Waals surface area contributed by atoms with Gasteiger partial charge in [0.2, 0.25) is 0 Å². The Labute approximate surface area is 82.2 Å². The molecule has 1 heterocycles. The van der Waals surface area contributed by atoms with Crippen molar-refractivity contribution in [1.29, 1.82) is 0 Å². The SMILES string of the molecule is CC(=O)c1c(C)c(C(=O)O)n(C)c1C. The number of hydrogen-bond acceptors (Lipinski definition) is 2. The second-order valence-electron chi connectivity index (χ2n) is 3.35. The molecule has 0 saturated heterocycles. The molecule has 4 nitrogen and oxygen atoms in total. The fourth-order valence-corrected chi connectivity index (χ4v) is 1.80. The number of aromatic nitrogens is 1. The minimum atomic E-state index is -0.999. The van der Waals surface area contributed by atoms with Gasteiger partial charge in [0, 0.05) is 18.3 Å². The molecule has 0 spiro atoms.